The second kappa shape index (κ2) is 5.19. The number of benzene rings is 1. The third-order valence-corrected chi connectivity index (χ3v) is 3.42. The fraction of sp³-hybridized carbons (Fsp3) is 0.500. The van der Waals surface area contributed by atoms with Crippen LogP contribution < -0.4 is 15.0 Å². The number of amides is 1. The number of rotatable bonds is 3. The van der Waals surface area contributed by atoms with Crippen LogP contribution in [0.5, 0.6) is 5.75 Å². The number of nitrogens with one attached hydrogen (secondary N) is 1. The Bertz CT molecular complexity index is 456. The van der Waals surface area contributed by atoms with Gasteiger partial charge < -0.3 is 20.1 Å². The van der Waals surface area contributed by atoms with Gasteiger partial charge in [-0.15, -0.1) is 0 Å². The fourth-order valence-corrected chi connectivity index (χ4v) is 2.34. The number of aliphatic hydroxyl groups excluding tert-OH is 1. The van der Waals surface area contributed by atoms with Crippen LogP contribution in [0.4, 0.5) is 5.69 Å². The summed E-state index contributed by atoms with van der Waals surface area (Å²) in [5.74, 6) is 0.645. The first-order valence-electron chi connectivity index (χ1n) is 6.32. The van der Waals surface area contributed by atoms with Crippen molar-refractivity contribution in [2.45, 2.75) is 25.4 Å². The number of ether oxygens (including phenoxy) is 1. The molecule has 1 fully saturated rings. The Kier molecular flexibility index (Phi) is 3.78. The highest BCUT2D eigenvalue weighted by Crippen LogP contribution is 2.29. The van der Waals surface area contributed by atoms with Gasteiger partial charge >= 0.3 is 0 Å². The predicted molar refractivity (Wildman–Crippen MR) is 73.4 cm³/mol. The standard InChI is InChI=1S/C14H20N2O3/c1-14(2)9-15-12(8-17)13(18)16(14)10-4-6-11(19-3)7-5-10/h4-7,12,15,17H,8-9H2,1-3H3. The molecule has 0 aromatic heterocycles. The Hall–Kier alpha value is -1.59. The minimum absolute atomic E-state index is 0.107. The first-order valence-corrected chi connectivity index (χ1v) is 6.32. The molecule has 2 rings (SSSR count). The minimum Gasteiger partial charge on any atom is -0.497 e. The first kappa shape index (κ1) is 13.8. The molecule has 1 atom stereocenters. The van der Waals surface area contributed by atoms with E-state index in [4.69, 9.17) is 4.74 Å². The summed E-state index contributed by atoms with van der Waals surface area (Å²) in [6.07, 6.45) is 0. The Balaban J connectivity index is 2.34. The lowest BCUT2D eigenvalue weighted by atomic mass is 9.96. The molecule has 19 heavy (non-hydrogen) atoms. The monoisotopic (exact) mass is 264 g/mol. The Morgan fingerprint density at radius 2 is 2.05 bits per heavy atom. The van der Waals surface area contributed by atoms with Gasteiger partial charge in [-0.25, -0.2) is 0 Å². The van der Waals surface area contributed by atoms with Crippen LogP contribution in [-0.2, 0) is 4.79 Å². The minimum atomic E-state index is -0.532. The largest absolute Gasteiger partial charge is 0.497 e. The molecule has 1 unspecified atom stereocenters. The summed E-state index contributed by atoms with van der Waals surface area (Å²) in [7, 11) is 1.61. The molecule has 1 aliphatic rings. The van der Waals surface area contributed by atoms with E-state index in [9.17, 15) is 9.90 Å². The van der Waals surface area contributed by atoms with Crippen LogP contribution in [-0.4, -0.2) is 42.9 Å². The van der Waals surface area contributed by atoms with E-state index < -0.39 is 6.04 Å². The van der Waals surface area contributed by atoms with Crippen LogP contribution in [0.15, 0.2) is 24.3 Å². The Morgan fingerprint density at radius 3 is 2.58 bits per heavy atom. The summed E-state index contributed by atoms with van der Waals surface area (Å²) in [5, 5.41) is 12.3. The zero-order valence-electron chi connectivity index (χ0n) is 11.5. The van der Waals surface area contributed by atoms with E-state index in [2.05, 4.69) is 5.32 Å². The van der Waals surface area contributed by atoms with Crippen LogP contribution in [0.25, 0.3) is 0 Å². The number of methoxy groups -OCH3 is 1. The zero-order valence-corrected chi connectivity index (χ0v) is 11.5. The Morgan fingerprint density at radius 1 is 1.42 bits per heavy atom. The number of carbonyl (C=O) groups is 1. The maximum atomic E-state index is 12.4. The second-order valence-electron chi connectivity index (χ2n) is 5.30. The van der Waals surface area contributed by atoms with Gasteiger partial charge in [0.2, 0.25) is 5.91 Å². The van der Waals surface area contributed by atoms with Crippen molar-refractivity contribution < 1.29 is 14.6 Å². The number of hydrogen-bond donors (Lipinski definition) is 2. The molecule has 5 nitrogen and oxygen atoms in total. The predicted octanol–water partition coefficient (Wildman–Crippen LogP) is 0.771. The van der Waals surface area contributed by atoms with Gasteiger partial charge in [0.1, 0.15) is 11.8 Å². The summed E-state index contributed by atoms with van der Waals surface area (Å²) in [4.78, 5) is 14.1. The summed E-state index contributed by atoms with van der Waals surface area (Å²) < 4.78 is 5.12. The SMILES string of the molecule is COc1ccc(N2C(=O)C(CO)NCC2(C)C)cc1. The molecule has 1 aromatic rings. The highest BCUT2D eigenvalue weighted by molar-refractivity contribution is 5.99. The number of carbonyl (C=O) groups excluding carboxylic acids is 1. The van der Waals surface area contributed by atoms with Crippen LogP contribution >= 0.6 is 0 Å². The van der Waals surface area contributed by atoms with Crippen LogP contribution in [0.3, 0.4) is 0 Å². The molecule has 2 N–H and O–H groups in total. The average Bonchev–Trinajstić information content (AvgIpc) is 2.39. The van der Waals surface area contributed by atoms with Crippen molar-refractivity contribution in [3.8, 4) is 5.75 Å². The number of aliphatic hydroxyl groups is 1. The number of piperazine rings is 1. The van der Waals surface area contributed by atoms with Crippen molar-refractivity contribution in [1.29, 1.82) is 0 Å². The first-order chi connectivity index (χ1) is 8.99. The quantitative estimate of drug-likeness (QED) is 0.846. The number of anilines is 1. The normalized spacial score (nSPS) is 22.4. The molecule has 1 aromatic carbocycles. The van der Waals surface area contributed by atoms with E-state index in [1.165, 1.54) is 0 Å². The molecule has 0 aliphatic carbocycles. The topological polar surface area (TPSA) is 61.8 Å². The Labute approximate surface area is 113 Å². The molecule has 0 bridgehead atoms. The maximum absolute atomic E-state index is 12.4. The lowest BCUT2D eigenvalue weighted by Crippen LogP contribution is -2.66. The van der Waals surface area contributed by atoms with Crippen molar-refractivity contribution in [3.63, 3.8) is 0 Å². The highest BCUT2D eigenvalue weighted by atomic mass is 16.5. The van der Waals surface area contributed by atoms with Gasteiger partial charge in [-0.05, 0) is 38.1 Å². The van der Waals surface area contributed by atoms with Crippen molar-refractivity contribution >= 4 is 11.6 Å². The van der Waals surface area contributed by atoms with Crippen molar-refractivity contribution in [2.24, 2.45) is 0 Å². The molecule has 1 heterocycles. The zero-order chi connectivity index (χ0) is 14.0. The lowest BCUT2D eigenvalue weighted by Gasteiger charge is -2.45. The van der Waals surface area contributed by atoms with E-state index in [0.717, 1.165) is 11.4 Å². The molecule has 0 saturated carbocycles. The van der Waals surface area contributed by atoms with E-state index in [1.807, 2.05) is 38.1 Å². The van der Waals surface area contributed by atoms with Gasteiger partial charge in [-0.2, -0.15) is 0 Å². The van der Waals surface area contributed by atoms with Crippen molar-refractivity contribution in [2.75, 3.05) is 25.2 Å². The summed E-state index contributed by atoms with van der Waals surface area (Å²) in [6, 6.07) is 6.84. The molecule has 104 valence electrons. The van der Waals surface area contributed by atoms with E-state index >= 15 is 0 Å². The van der Waals surface area contributed by atoms with Gasteiger partial charge in [0, 0.05) is 12.2 Å². The lowest BCUT2D eigenvalue weighted by molar-refractivity contribution is -0.124. The smallest absolute Gasteiger partial charge is 0.247 e. The molecule has 0 spiro atoms. The number of hydrogen-bond acceptors (Lipinski definition) is 4. The van der Waals surface area contributed by atoms with E-state index in [1.54, 1.807) is 12.0 Å². The second-order valence-corrected chi connectivity index (χ2v) is 5.30. The van der Waals surface area contributed by atoms with Crippen molar-refractivity contribution in [3.05, 3.63) is 24.3 Å². The molecule has 1 aliphatic heterocycles. The van der Waals surface area contributed by atoms with Gasteiger partial charge in [0.25, 0.3) is 0 Å². The van der Waals surface area contributed by atoms with Gasteiger partial charge in [0.05, 0.1) is 19.3 Å². The third kappa shape index (κ3) is 2.57. The molecule has 0 radical (unpaired) electrons. The van der Waals surface area contributed by atoms with Crippen LogP contribution in [0, 0.1) is 0 Å². The van der Waals surface area contributed by atoms with Gasteiger partial charge in [-0.1, -0.05) is 0 Å². The van der Waals surface area contributed by atoms with Gasteiger partial charge in [-0.3, -0.25) is 4.79 Å². The van der Waals surface area contributed by atoms with E-state index in [-0.39, 0.29) is 18.1 Å². The summed E-state index contributed by atoms with van der Waals surface area (Å²) >= 11 is 0. The molecule has 1 saturated heterocycles. The molecular weight excluding hydrogens is 244 g/mol. The third-order valence-electron chi connectivity index (χ3n) is 3.42. The average molecular weight is 264 g/mol. The highest BCUT2D eigenvalue weighted by Gasteiger charge is 2.40. The molecular formula is C14H20N2O3. The maximum Gasteiger partial charge on any atom is 0.247 e. The molecule has 1 amide bonds. The summed E-state index contributed by atoms with van der Waals surface area (Å²) in [6.45, 7) is 4.43. The fourth-order valence-electron chi connectivity index (χ4n) is 2.34. The van der Waals surface area contributed by atoms with Crippen LogP contribution in [0.2, 0.25) is 0 Å². The van der Waals surface area contributed by atoms with Gasteiger partial charge in [0.15, 0.2) is 0 Å². The van der Waals surface area contributed by atoms with Crippen LogP contribution in [0.1, 0.15) is 13.8 Å². The summed E-state index contributed by atoms with van der Waals surface area (Å²) in [5.41, 5.74) is 0.480. The molecule has 5 heteroatoms. The van der Waals surface area contributed by atoms with E-state index in [0.29, 0.717) is 6.54 Å². The van der Waals surface area contributed by atoms with Crippen molar-refractivity contribution in [1.82, 2.24) is 5.32 Å². The number of nitrogens with zero attached hydrogens (tertiary/aromatic N) is 1.